The summed E-state index contributed by atoms with van der Waals surface area (Å²) in [7, 11) is 2.05. The van der Waals surface area contributed by atoms with Crippen molar-refractivity contribution in [3.63, 3.8) is 0 Å². The highest BCUT2D eigenvalue weighted by Gasteiger charge is 2.39. The standard InChI is InChI=1S/C22H25N5S/c1-26-15-11-17(16-26)21-20(19-10-5-6-12-24-19)25-22(28)27(21)14-7-13-23-18-8-3-2-4-9-18/h2-6,8-12,15-16,20-21,23H,7,13-14H2,1H3,(H,25,28)/t20-,21+/m0/s1. The van der Waals surface area contributed by atoms with Gasteiger partial charge in [0.05, 0.1) is 17.8 Å². The van der Waals surface area contributed by atoms with Crippen molar-refractivity contribution in [1.29, 1.82) is 0 Å². The van der Waals surface area contributed by atoms with Gasteiger partial charge in [-0.15, -0.1) is 0 Å². The molecule has 1 saturated heterocycles. The van der Waals surface area contributed by atoms with Gasteiger partial charge >= 0.3 is 0 Å². The van der Waals surface area contributed by atoms with Crippen LogP contribution in [0.3, 0.4) is 0 Å². The van der Waals surface area contributed by atoms with Crippen LogP contribution in [0.15, 0.2) is 73.2 Å². The number of benzene rings is 1. The van der Waals surface area contributed by atoms with Crippen LogP contribution in [0.2, 0.25) is 0 Å². The van der Waals surface area contributed by atoms with Crippen LogP contribution < -0.4 is 10.6 Å². The van der Waals surface area contributed by atoms with Crippen molar-refractivity contribution in [1.82, 2.24) is 19.8 Å². The van der Waals surface area contributed by atoms with Crippen LogP contribution in [0.5, 0.6) is 0 Å². The summed E-state index contributed by atoms with van der Waals surface area (Å²) in [6.07, 6.45) is 7.09. The second-order valence-corrected chi connectivity index (χ2v) is 7.46. The molecule has 0 radical (unpaired) electrons. The monoisotopic (exact) mass is 391 g/mol. The van der Waals surface area contributed by atoms with Gasteiger partial charge in [-0.25, -0.2) is 0 Å². The minimum Gasteiger partial charge on any atom is -0.385 e. The molecule has 2 N–H and O–H groups in total. The zero-order valence-electron chi connectivity index (χ0n) is 16.0. The summed E-state index contributed by atoms with van der Waals surface area (Å²) < 4.78 is 2.08. The summed E-state index contributed by atoms with van der Waals surface area (Å²) >= 11 is 5.70. The molecule has 2 aromatic heterocycles. The SMILES string of the molecule is Cn1ccc([C@@H]2[C@H](c3ccccn3)NC(=S)N2CCCNc2ccccc2)c1. The lowest BCUT2D eigenvalue weighted by Gasteiger charge is -2.27. The van der Waals surface area contributed by atoms with Crippen LogP contribution in [0.25, 0.3) is 0 Å². The zero-order valence-corrected chi connectivity index (χ0v) is 16.8. The van der Waals surface area contributed by atoms with Crippen LogP contribution in [0.1, 0.15) is 29.8 Å². The smallest absolute Gasteiger partial charge is 0.170 e. The Hall–Kier alpha value is -2.86. The molecule has 2 atom stereocenters. The van der Waals surface area contributed by atoms with E-state index in [0.29, 0.717) is 0 Å². The van der Waals surface area contributed by atoms with Gasteiger partial charge in [-0.3, -0.25) is 4.98 Å². The fourth-order valence-corrected chi connectivity index (χ4v) is 4.08. The number of nitrogens with one attached hydrogen (secondary N) is 2. The second kappa shape index (κ2) is 8.44. The summed E-state index contributed by atoms with van der Waals surface area (Å²) in [5.74, 6) is 0. The Kier molecular flexibility index (Phi) is 5.58. The number of anilines is 1. The average Bonchev–Trinajstić information content (AvgIpc) is 3.29. The third kappa shape index (κ3) is 4.02. The van der Waals surface area contributed by atoms with Crippen LogP contribution >= 0.6 is 12.2 Å². The number of hydrogen-bond donors (Lipinski definition) is 2. The van der Waals surface area contributed by atoms with E-state index < -0.39 is 0 Å². The van der Waals surface area contributed by atoms with Crippen molar-refractivity contribution in [2.24, 2.45) is 7.05 Å². The second-order valence-electron chi connectivity index (χ2n) is 7.08. The molecule has 0 aliphatic carbocycles. The van der Waals surface area contributed by atoms with E-state index >= 15 is 0 Å². The molecule has 6 heteroatoms. The Morgan fingerprint density at radius 3 is 2.64 bits per heavy atom. The van der Waals surface area contributed by atoms with Crippen LogP contribution in [0.4, 0.5) is 5.69 Å². The molecule has 5 nitrogen and oxygen atoms in total. The maximum absolute atomic E-state index is 5.70. The number of hydrogen-bond acceptors (Lipinski definition) is 3. The quantitative estimate of drug-likeness (QED) is 0.473. The van der Waals surface area contributed by atoms with Crippen LogP contribution in [-0.2, 0) is 7.05 Å². The number of aromatic nitrogens is 2. The van der Waals surface area contributed by atoms with E-state index in [4.69, 9.17) is 12.2 Å². The molecule has 0 bridgehead atoms. The van der Waals surface area contributed by atoms with Gasteiger partial charge in [-0.05, 0) is 54.5 Å². The van der Waals surface area contributed by atoms with E-state index in [1.807, 2.05) is 43.6 Å². The molecular formula is C22H25N5S. The summed E-state index contributed by atoms with van der Waals surface area (Å²) in [6, 6.07) is 18.7. The van der Waals surface area contributed by atoms with Crippen LogP contribution in [-0.4, -0.2) is 32.7 Å². The number of pyridine rings is 1. The first kappa shape index (κ1) is 18.5. The Morgan fingerprint density at radius 1 is 1.11 bits per heavy atom. The van der Waals surface area contributed by atoms with E-state index in [0.717, 1.165) is 36.0 Å². The fourth-order valence-electron chi connectivity index (χ4n) is 3.75. The molecule has 1 aliphatic heterocycles. The number of para-hydroxylation sites is 1. The Bertz CT molecular complexity index is 909. The minimum absolute atomic E-state index is 0.0539. The van der Waals surface area contributed by atoms with E-state index in [1.54, 1.807) is 0 Å². The van der Waals surface area contributed by atoms with Crippen molar-refractivity contribution in [2.45, 2.75) is 18.5 Å². The molecule has 144 valence electrons. The fraction of sp³-hybridized carbons (Fsp3) is 0.273. The predicted molar refractivity (Wildman–Crippen MR) is 117 cm³/mol. The molecular weight excluding hydrogens is 366 g/mol. The third-order valence-electron chi connectivity index (χ3n) is 5.07. The van der Waals surface area contributed by atoms with Crippen molar-refractivity contribution >= 4 is 23.0 Å². The van der Waals surface area contributed by atoms with Gasteiger partial charge in [0.2, 0.25) is 0 Å². The minimum atomic E-state index is 0.0539. The topological polar surface area (TPSA) is 45.1 Å². The normalized spacial score (nSPS) is 18.9. The van der Waals surface area contributed by atoms with Gasteiger partial charge in [-0.1, -0.05) is 24.3 Å². The first-order valence-electron chi connectivity index (χ1n) is 9.61. The number of thiocarbonyl (C=S) groups is 1. The third-order valence-corrected chi connectivity index (χ3v) is 5.43. The maximum Gasteiger partial charge on any atom is 0.170 e. The van der Waals surface area contributed by atoms with E-state index in [-0.39, 0.29) is 12.1 Å². The Morgan fingerprint density at radius 2 is 1.93 bits per heavy atom. The molecule has 1 fully saturated rings. The lowest BCUT2D eigenvalue weighted by Crippen LogP contribution is -2.31. The van der Waals surface area contributed by atoms with Crippen molar-refractivity contribution in [3.8, 4) is 0 Å². The molecule has 1 aliphatic rings. The maximum atomic E-state index is 5.70. The lowest BCUT2D eigenvalue weighted by molar-refractivity contribution is 0.316. The van der Waals surface area contributed by atoms with Crippen LogP contribution in [0, 0.1) is 0 Å². The largest absolute Gasteiger partial charge is 0.385 e. The predicted octanol–water partition coefficient (Wildman–Crippen LogP) is 3.89. The highest BCUT2D eigenvalue weighted by atomic mass is 32.1. The molecule has 3 heterocycles. The summed E-state index contributed by atoms with van der Waals surface area (Å²) in [5.41, 5.74) is 3.42. The zero-order chi connectivity index (χ0) is 19.3. The molecule has 3 aromatic rings. The van der Waals surface area contributed by atoms with Gasteiger partial charge in [0.15, 0.2) is 5.11 Å². The molecule has 0 saturated carbocycles. The van der Waals surface area contributed by atoms with Gasteiger partial charge in [0, 0.05) is 44.4 Å². The molecule has 1 aromatic carbocycles. The van der Waals surface area contributed by atoms with E-state index in [9.17, 15) is 0 Å². The van der Waals surface area contributed by atoms with E-state index in [1.165, 1.54) is 5.56 Å². The van der Waals surface area contributed by atoms with Crippen molar-refractivity contribution < 1.29 is 0 Å². The van der Waals surface area contributed by atoms with Gasteiger partial charge in [-0.2, -0.15) is 0 Å². The molecule has 4 rings (SSSR count). The number of aryl methyl sites for hydroxylation is 1. The number of nitrogens with zero attached hydrogens (tertiary/aromatic N) is 3. The molecule has 0 amide bonds. The number of rotatable bonds is 7. The Labute approximate surface area is 171 Å². The lowest BCUT2D eigenvalue weighted by atomic mass is 9.99. The van der Waals surface area contributed by atoms with Gasteiger partial charge in [0.1, 0.15) is 0 Å². The highest BCUT2D eigenvalue weighted by Crippen LogP contribution is 2.38. The van der Waals surface area contributed by atoms with Crippen molar-refractivity contribution in [2.75, 3.05) is 18.4 Å². The first-order valence-corrected chi connectivity index (χ1v) is 10.0. The first-order chi connectivity index (χ1) is 13.7. The van der Waals surface area contributed by atoms with Gasteiger partial charge in [0.25, 0.3) is 0 Å². The summed E-state index contributed by atoms with van der Waals surface area (Å²) in [6.45, 7) is 1.79. The molecule has 0 unspecified atom stereocenters. The molecule has 28 heavy (non-hydrogen) atoms. The van der Waals surface area contributed by atoms with Crippen molar-refractivity contribution in [3.05, 3.63) is 84.4 Å². The molecule has 0 spiro atoms. The van der Waals surface area contributed by atoms with E-state index in [2.05, 4.69) is 61.7 Å². The highest BCUT2D eigenvalue weighted by molar-refractivity contribution is 7.80. The summed E-state index contributed by atoms with van der Waals surface area (Å²) in [5, 5.41) is 7.78. The Balaban J connectivity index is 1.48. The summed E-state index contributed by atoms with van der Waals surface area (Å²) in [4.78, 5) is 6.88. The average molecular weight is 392 g/mol. The van der Waals surface area contributed by atoms with Gasteiger partial charge < -0.3 is 20.1 Å².